The molecule has 15 heteroatoms. The average Bonchev–Trinajstić information content (AvgIpc) is 3.40. The van der Waals surface area contributed by atoms with Crippen LogP contribution in [0.15, 0.2) is 66.1 Å². The topological polar surface area (TPSA) is 127 Å². The molecule has 1 amide bonds. The molecule has 1 aromatic carbocycles. The van der Waals surface area contributed by atoms with Gasteiger partial charge >= 0.3 is 18.4 Å². The van der Waals surface area contributed by atoms with E-state index in [2.05, 4.69) is 28.3 Å². The van der Waals surface area contributed by atoms with Crippen molar-refractivity contribution in [1.82, 2.24) is 15.2 Å². The summed E-state index contributed by atoms with van der Waals surface area (Å²) in [5, 5.41) is 17.8. The van der Waals surface area contributed by atoms with Gasteiger partial charge in [0.2, 0.25) is 5.60 Å². The van der Waals surface area contributed by atoms with E-state index in [4.69, 9.17) is 9.15 Å². The van der Waals surface area contributed by atoms with Gasteiger partial charge in [0.05, 0.1) is 17.9 Å². The van der Waals surface area contributed by atoms with E-state index < -0.39 is 77.3 Å². The molecule has 2 N–H and O–H groups in total. The fourth-order valence-corrected chi connectivity index (χ4v) is 3.83. The smallest absolute Gasteiger partial charge is 0.426 e. The van der Waals surface area contributed by atoms with Gasteiger partial charge in [-0.2, -0.15) is 26.3 Å². The summed E-state index contributed by atoms with van der Waals surface area (Å²) in [5.74, 6) is -3.11. The lowest BCUT2D eigenvalue weighted by Crippen LogP contribution is -2.45. The molecule has 0 aliphatic carbocycles. The number of carboxylic acid groups (broad SMARTS) is 1. The zero-order valence-corrected chi connectivity index (χ0v) is 21.8. The van der Waals surface area contributed by atoms with E-state index in [0.29, 0.717) is 12.0 Å². The molecule has 42 heavy (non-hydrogen) atoms. The highest BCUT2D eigenvalue weighted by atomic mass is 19.4. The van der Waals surface area contributed by atoms with Crippen molar-refractivity contribution in [2.45, 2.75) is 50.2 Å². The second-order valence-electron chi connectivity index (χ2n) is 8.82. The molecular weight excluding hydrogens is 574 g/mol. The molecular formula is C27H24F6N4O5. The Labute approximate surface area is 234 Å². The number of carbonyl (C=O) groups excluding carboxylic acids is 1. The summed E-state index contributed by atoms with van der Waals surface area (Å²) in [6.07, 6.45) is -10.7. The van der Waals surface area contributed by atoms with E-state index in [-0.39, 0.29) is 18.9 Å². The molecule has 0 radical (unpaired) electrons. The van der Waals surface area contributed by atoms with Crippen LogP contribution in [0.1, 0.15) is 53.2 Å². The molecule has 0 aliphatic heterocycles. The minimum Gasteiger partial charge on any atom is -0.465 e. The molecule has 3 rings (SSSR count). The summed E-state index contributed by atoms with van der Waals surface area (Å²) in [4.78, 5) is 27.8. The van der Waals surface area contributed by atoms with Gasteiger partial charge in [-0.1, -0.05) is 42.5 Å². The zero-order valence-electron chi connectivity index (χ0n) is 21.8. The van der Waals surface area contributed by atoms with Gasteiger partial charge in [0.25, 0.3) is 11.8 Å². The number of carbonyl (C=O) groups is 2. The van der Waals surface area contributed by atoms with Crippen LogP contribution in [-0.4, -0.2) is 38.3 Å². The second-order valence-corrected chi connectivity index (χ2v) is 8.82. The number of hydrogen-bond donors (Lipinski definition) is 2. The van der Waals surface area contributed by atoms with Gasteiger partial charge in [0.15, 0.2) is 11.5 Å². The third-order valence-corrected chi connectivity index (χ3v) is 5.84. The average molecular weight is 599 g/mol. The first-order chi connectivity index (χ1) is 19.7. The van der Waals surface area contributed by atoms with Crippen molar-refractivity contribution in [3.63, 3.8) is 0 Å². The summed E-state index contributed by atoms with van der Waals surface area (Å²) in [6.45, 7) is 6.25. The maximum atomic E-state index is 14.5. The van der Waals surface area contributed by atoms with Gasteiger partial charge in [-0.3, -0.25) is 10.1 Å². The molecule has 224 valence electrons. The van der Waals surface area contributed by atoms with E-state index >= 15 is 0 Å². The zero-order chi connectivity index (χ0) is 31.1. The quantitative estimate of drug-likeness (QED) is 0.0906. The largest absolute Gasteiger partial charge is 0.465 e. The lowest BCUT2D eigenvalue weighted by atomic mass is 9.98. The van der Waals surface area contributed by atoms with Crippen molar-refractivity contribution in [3.8, 4) is 11.6 Å². The Kier molecular flexibility index (Phi) is 9.88. The summed E-state index contributed by atoms with van der Waals surface area (Å²) >= 11 is 0. The molecule has 0 unspecified atom stereocenters. The number of pyridine rings is 1. The Morgan fingerprint density at radius 2 is 1.74 bits per heavy atom. The Morgan fingerprint density at radius 1 is 1.05 bits per heavy atom. The van der Waals surface area contributed by atoms with Crippen molar-refractivity contribution >= 4 is 17.6 Å². The molecule has 0 spiro atoms. The summed E-state index contributed by atoms with van der Waals surface area (Å²) in [6, 6.07) is 8.11. The summed E-state index contributed by atoms with van der Waals surface area (Å²) in [7, 11) is 0. The summed E-state index contributed by atoms with van der Waals surface area (Å²) in [5.41, 5.74) is -7.21. The number of amides is 1. The molecule has 2 aromatic heterocycles. The van der Waals surface area contributed by atoms with Crippen LogP contribution < -0.4 is 5.32 Å². The van der Waals surface area contributed by atoms with Gasteiger partial charge in [0.1, 0.15) is 5.69 Å². The number of nitrogens with zero attached hydrogens (tertiary/aromatic N) is 3. The summed E-state index contributed by atoms with van der Waals surface area (Å²) < 4.78 is 95.8. The maximum Gasteiger partial charge on any atom is 0.426 e. The van der Waals surface area contributed by atoms with E-state index in [1.165, 1.54) is 18.2 Å². The van der Waals surface area contributed by atoms with Crippen molar-refractivity contribution in [2.75, 3.05) is 5.32 Å². The van der Waals surface area contributed by atoms with Crippen molar-refractivity contribution in [3.05, 3.63) is 84.4 Å². The number of allylic oxidation sites excluding steroid dienone is 1. The predicted molar refractivity (Wildman–Crippen MR) is 136 cm³/mol. The number of Topliss-reactive ketones (excluding diaryl/α,β-unsaturated/α-hetero) is 1. The van der Waals surface area contributed by atoms with Gasteiger partial charge in [-0.15, -0.1) is 23.4 Å². The van der Waals surface area contributed by atoms with Crippen LogP contribution >= 0.6 is 0 Å². The molecule has 0 saturated carbocycles. The number of aromatic nitrogens is 3. The molecule has 9 nitrogen and oxygen atoms in total. The minimum absolute atomic E-state index is 0.130. The highest BCUT2D eigenvalue weighted by Gasteiger charge is 2.60. The van der Waals surface area contributed by atoms with Gasteiger partial charge in [-0.25, -0.2) is 9.78 Å². The fourth-order valence-electron chi connectivity index (χ4n) is 3.83. The Balaban J connectivity index is 2.19. The molecule has 1 atom stereocenters. The Morgan fingerprint density at radius 3 is 2.31 bits per heavy atom. The molecule has 0 fully saturated rings. The number of ether oxygens (including phenoxy) is 1. The first-order valence-electron chi connectivity index (χ1n) is 12.2. The van der Waals surface area contributed by atoms with Gasteiger partial charge in [-0.05, 0) is 24.5 Å². The van der Waals surface area contributed by atoms with Gasteiger partial charge in [0, 0.05) is 12.8 Å². The second kappa shape index (κ2) is 13.0. The monoisotopic (exact) mass is 598 g/mol. The lowest BCUT2D eigenvalue weighted by molar-refractivity contribution is -0.295. The van der Waals surface area contributed by atoms with E-state index in [1.54, 1.807) is 23.5 Å². The number of halogens is 6. The standard InChI is InChI=1S/C27H24F6N4O5/c1-3-5-7-12-19(38)20-17(26(28,29)30)14-18(34-24(39)40)21(35-20)22-36-37-23(42-22)25(13-4-2,27(31,32)33)41-15-16-10-8-6-9-11-16/h3-4,6,8-11,14,34H,1-2,5,7,12-13,15H2,(H,39,40)/t25-/m1/s1. The Bertz CT molecular complexity index is 1440. The van der Waals surface area contributed by atoms with Crippen LogP contribution in [0.25, 0.3) is 11.6 Å². The van der Waals surface area contributed by atoms with Crippen LogP contribution in [0.2, 0.25) is 0 Å². The first-order valence-corrected chi connectivity index (χ1v) is 12.2. The van der Waals surface area contributed by atoms with Gasteiger partial charge < -0.3 is 14.3 Å². The van der Waals surface area contributed by atoms with Crippen molar-refractivity contribution in [1.29, 1.82) is 0 Å². The van der Waals surface area contributed by atoms with Crippen LogP contribution in [0.4, 0.5) is 36.8 Å². The number of benzene rings is 1. The SMILES string of the molecule is C=CCCCC(=O)c1nc(-c2nnc([C@@](CC=C)(OCc3ccccc3)C(F)(F)F)o2)c(NC(=O)O)cc1C(F)(F)F. The van der Waals surface area contributed by atoms with E-state index in [0.717, 1.165) is 6.08 Å². The number of rotatable bonds is 13. The predicted octanol–water partition coefficient (Wildman–Crippen LogP) is 7.33. The highest BCUT2D eigenvalue weighted by molar-refractivity contribution is 5.98. The number of hydrogen-bond acceptors (Lipinski definition) is 7. The number of alkyl halides is 6. The number of nitrogens with one attached hydrogen (secondary N) is 1. The molecule has 0 saturated heterocycles. The van der Waals surface area contributed by atoms with Crippen molar-refractivity contribution < 1.29 is 50.2 Å². The van der Waals surface area contributed by atoms with E-state index in [1.807, 2.05) is 0 Å². The molecule has 0 bridgehead atoms. The van der Waals surface area contributed by atoms with Crippen LogP contribution in [-0.2, 0) is 23.1 Å². The van der Waals surface area contributed by atoms with E-state index in [9.17, 15) is 41.0 Å². The normalized spacial score (nSPS) is 13.3. The minimum atomic E-state index is -5.16. The third kappa shape index (κ3) is 7.21. The molecule has 2 heterocycles. The van der Waals surface area contributed by atoms with Crippen LogP contribution in [0, 0.1) is 0 Å². The first kappa shape index (κ1) is 32.0. The van der Waals surface area contributed by atoms with Crippen LogP contribution in [0.3, 0.4) is 0 Å². The van der Waals surface area contributed by atoms with Crippen molar-refractivity contribution in [2.24, 2.45) is 0 Å². The molecule has 3 aromatic rings. The maximum absolute atomic E-state index is 14.5. The van der Waals surface area contributed by atoms with Crippen LogP contribution in [0.5, 0.6) is 0 Å². The number of anilines is 1. The highest BCUT2D eigenvalue weighted by Crippen LogP contribution is 2.46. The number of ketones is 1. The Hall–Kier alpha value is -4.53. The third-order valence-electron chi connectivity index (χ3n) is 5.84. The lowest BCUT2D eigenvalue weighted by Gasteiger charge is -2.31. The molecule has 0 aliphatic rings. The fraction of sp³-hybridized carbons (Fsp3) is 0.296. The number of unbranched alkanes of at least 4 members (excludes halogenated alkanes) is 1.